The lowest BCUT2D eigenvalue weighted by Gasteiger charge is -2.47. The average Bonchev–Trinajstić information content (AvgIpc) is 1.52. The zero-order valence-corrected chi connectivity index (χ0v) is 71.5. The van der Waals surface area contributed by atoms with E-state index in [1.54, 1.807) is 6.07 Å². The van der Waals surface area contributed by atoms with E-state index in [2.05, 4.69) is 42.4 Å². The van der Waals surface area contributed by atoms with Crippen LogP contribution in [0.4, 0.5) is 0 Å². The number of imide groups is 2. The van der Waals surface area contributed by atoms with Crippen LogP contribution < -0.4 is 25.6 Å². The Labute approximate surface area is 765 Å². The van der Waals surface area contributed by atoms with Gasteiger partial charge >= 0.3 is 0 Å². The van der Waals surface area contributed by atoms with Crippen molar-refractivity contribution in [3.05, 3.63) is 310 Å². The molecular formula is C101H98ClN9O22. The number of hydrazine groups is 2. The number of carbonyl (C=O) groups is 4. The van der Waals surface area contributed by atoms with Gasteiger partial charge in [0, 0.05) is 67.4 Å². The minimum atomic E-state index is -1.75. The number of aromatic hydroxyl groups is 2. The molecule has 4 amide bonds. The van der Waals surface area contributed by atoms with Crippen molar-refractivity contribution in [3.63, 3.8) is 0 Å². The number of phenols is 2. The molecule has 4 aromatic heterocycles. The Morgan fingerprint density at radius 3 is 1.20 bits per heavy atom. The lowest BCUT2D eigenvalue weighted by atomic mass is 9.95. The van der Waals surface area contributed by atoms with Gasteiger partial charge in [-0.05, 0) is 93.7 Å². The van der Waals surface area contributed by atoms with Crippen molar-refractivity contribution in [2.45, 2.75) is 120 Å². The Morgan fingerprint density at radius 1 is 0.383 bits per heavy atom. The Morgan fingerprint density at radius 2 is 0.744 bits per heavy atom. The number of H-pyrrole nitrogens is 2. The number of phenolic OH excluding ortho intramolecular Hbond substituents is 2. The summed E-state index contributed by atoms with van der Waals surface area (Å²) < 4.78 is 58.7. The maximum absolute atomic E-state index is 15.5. The lowest BCUT2D eigenvalue weighted by Crippen LogP contribution is -2.59. The molecule has 0 spiro atoms. The summed E-state index contributed by atoms with van der Waals surface area (Å²) in [6, 6.07) is 77.5. The number of rotatable bonds is 30. The standard InChI is InChI=1S/C71H64N4O11.C29H28N4O11.CH4.ClH2N/c76-37-52(38-77)73-75-69(78)62-60-55-33-31-53(81-40-47-21-9-2-10-22-47)35-57(55)72-64(60)65-61(63(62)70(75)79)56-34-32-54(82-41-48-23-11-3-12-24-48)36-58(56)74(65)71-68(85-44-51-29-17-6-18-30-51)67(84-43-50-27-15-5-16-28-50)66(83-42-49-25-13-4-14-26-49)59(86-71)45-80-39-46-19-7-1-8-20-46;34-7-10(8-35)31-33-27(42)20-18-13-3-1-11(37)5-15(13)30-22(18)23-19(21(20)28(33)43)14-4-2-12(38)6-16(14)32(23)29-26(41)25(40)24(39)17(9-36)44-29;;1-2/h1-36,52,59,66-68,71-73,76-77H,37-45H2;1-6,10,17,24-26,29-31,34-41H,7-9H2;1H4;2H2. The minimum absolute atomic E-state index is 0. The molecule has 8 heterocycles. The average molecular weight is 1830 g/mol. The first-order valence-electron chi connectivity index (χ1n) is 42.9. The first-order chi connectivity index (χ1) is 64.5. The molecule has 12 aromatic carbocycles. The summed E-state index contributed by atoms with van der Waals surface area (Å²) >= 11 is 4.14. The molecule has 0 saturated carbocycles. The smallest absolute Gasteiger partial charge is 0.276 e. The van der Waals surface area contributed by atoms with Crippen LogP contribution >= 0.6 is 11.8 Å². The molecule has 32 heteroatoms. The van der Waals surface area contributed by atoms with E-state index >= 15 is 9.59 Å². The van der Waals surface area contributed by atoms with Crippen LogP contribution in [0.25, 0.3) is 87.2 Å². The van der Waals surface area contributed by atoms with Gasteiger partial charge in [0.2, 0.25) is 0 Å². The van der Waals surface area contributed by atoms with Crippen LogP contribution in [0, 0.1) is 0 Å². The number of halogens is 1. The predicted octanol–water partition coefficient (Wildman–Crippen LogP) is 11.9. The van der Waals surface area contributed by atoms with Crippen molar-refractivity contribution < 1.29 is 108 Å². The molecule has 2 fully saturated rings. The van der Waals surface area contributed by atoms with Crippen LogP contribution in [0.3, 0.4) is 0 Å². The van der Waals surface area contributed by atoms with Gasteiger partial charge in [-0.2, -0.15) is 0 Å². The van der Waals surface area contributed by atoms with Gasteiger partial charge in [-0.3, -0.25) is 19.2 Å². The van der Waals surface area contributed by atoms with Gasteiger partial charge in [0.05, 0.1) is 145 Å². The van der Waals surface area contributed by atoms with Crippen LogP contribution in [-0.4, -0.2) is 204 Å². The number of hydrogen-bond donors (Lipinski definition) is 15. The van der Waals surface area contributed by atoms with Crippen molar-refractivity contribution in [3.8, 4) is 23.0 Å². The summed E-state index contributed by atoms with van der Waals surface area (Å²) in [5.41, 5.74) is 14.7. The second-order valence-corrected chi connectivity index (χ2v) is 32.6. The summed E-state index contributed by atoms with van der Waals surface area (Å²) in [5, 5.41) is 112. The van der Waals surface area contributed by atoms with Crippen LogP contribution in [-0.2, 0) is 68.1 Å². The Balaban J connectivity index is 0.000000220. The summed E-state index contributed by atoms with van der Waals surface area (Å²) in [4.78, 5) is 65.8. The van der Waals surface area contributed by atoms with E-state index in [0.717, 1.165) is 38.4 Å². The number of benzene rings is 12. The van der Waals surface area contributed by atoms with Crippen LogP contribution in [0.15, 0.2) is 255 Å². The third-order valence-corrected chi connectivity index (χ3v) is 24.4. The van der Waals surface area contributed by atoms with E-state index in [9.17, 15) is 60.7 Å². The van der Waals surface area contributed by atoms with Gasteiger partial charge in [0.25, 0.3) is 23.6 Å². The number of amides is 4. The fraction of sp³-hybridized carbons (Fsp3) is 0.248. The van der Waals surface area contributed by atoms with Gasteiger partial charge in [-0.15, -0.1) is 0 Å². The highest BCUT2D eigenvalue weighted by Gasteiger charge is 2.53. The van der Waals surface area contributed by atoms with Crippen LogP contribution in [0.2, 0.25) is 0 Å². The molecule has 16 aromatic rings. The molecule has 0 bridgehead atoms. The third kappa shape index (κ3) is 17.6. The van der Waals surface area contributed by atoms with E-state index < -0.39 is 130 Å². The highest BCUT2D eigenvalue weighted by molar-refractivity contribution is 6.41. The number of fused-ring (bicyclic) bond motifs is 20. The van der Waals surface area contributed by atoms with Crippen molar-refractivity contribution in [1.82, 2.24) is 40.0 Å². The number of aromatic amines is 2. The van der Waals surface area contributed by atoms with E-state index in [-0.39, 0.29) is 108 Å². The maximum atomic E-state index is 15.5. The van der Waals surface area contributed by atoms with Gasteiger partial charge in [0.15, 0.2) is 12.5 Å². The van der Waals surface area contributed by atoms with E-state index in [4.69, 9.17) is 37.9 Å². The van der Waals surface area contributed by atoms with Gasteiger partial charge < -0.3 is 108 Å². The number of aliphatic hydroxyl groups excluding tert-OH is 8. The predicted molar refractivity (Wildman–Crippen MR) is 497 cm³/mol. The van der Waals surface area contributed by atoms with Crippen LogP contribution in [0.5, 0.6) is 23.0 Å². The molecule has 10 unspecified atom stereocenters. The number of ether oxygens (including phenoxy) is 8. The number of nitrogens with zero attached hydrogens (tertiary/aromatic N) is 4. The molecule has 4 aliphatic rings. The quantitative estimate of drug-likeness (QED) is 0.0147. The molecule has 133 heavy (non-hydrogen) atoms. The second kappa shape index (κ2) is 40.2. The number of carbonyl (C=O) groups excluding carboxylic acids is 4. The van der Waals surface area contributed by atoms with Crippen molar-refractivity contribution >= 4 is 123 Å². The molecule has 20 rings (SSSR count). The lowest BCUT2D eigenvalue weighted by molar-refractivity contribution is -0.288. The molecule has 0 radical (unpaired) electrons. The highest BCUT2D eigenvalue weighted by Crippen LogP contribution is 2.52. The number of aliphatic hydroxyl groups is 8. The van der Waals surface area contributed by atoms with Crippen molar-refractivity contribution in [2.24, 2.45) is 5.25 Å². The fourth-order valence-electron chi connectivity index (χ4n) is 18.1. The Bertz CT molecular complexity index is 6890. The topological polar surface area (TPSA) is 442 Å². The number of hydrogen-bond acceptors (Lipinski definition) is 25. The third-order valence-electron chi connectivity index (χ3n) is 24.4. The first kappa shape index (κ1) is 91.8. The van der Waals surface area contributed by atoms with Crippen molar-refractivity contribution in [1.29, 1.82) is 0 Å². The summed E-state index contributed by atoms with van der Waals surface area (Å²) in [5.74, 6) is -2.09. The summed E-state index contributed by atoms with van der Waals surface area (Å²) in [7, 11) is 0. The zero-order chi connectivity index (χ0) is 91.5. The van der Waals surface area contributed by atoms with E-state index in [1.807, 2.05) is 218 Å². The molecule has 10 atom stereocenters. The molecule has 4 aliphatic heterocycles. The van der Waals surface area contributed by atoms with E-state index in [0.29, 0.717) is 83.0 Å². The Kier molecular flexibility index (Phi) is 27.7. The summed E-state index contributed by atoms with van der Waals surface area (Å²) in [6.07, 6.45) is -12.4. The largest absolute Gasteiger partial charge is 0.508 e. The van der Waals surface area contributed by atoms with Gasteiger partial charge in [-0.1, -0.05) is 189 Å². The second-order valence-electron chi connectivity index (χ2n) is 32.6. The van der Waals surface area contributed by atoms with Gasteiger partial charge in [0.1, 0.15) is 85.0 Å². The van der Waals surface area contributed by atoms with Crippen molar-refractivity contribution in [2.75, 3.05) is 39.6 Å². The van der Waals surface area contributed by atoms with Crippen LogP contribution in [0.1, 0.15) is 94.7 Å². The molecule has 686 valence electrons. The normalized spacial score (nSPS) is 19.5. The fourth-order valence-corrected chi connectivity index (χ4v) is 18.1. The monoisotopic (exact) mass is 1820 g/mol. The molecule has 16 N–H and O–H groups in total. The SMILES string of the molecule is C.NCl.O=C1c2c(c3c4ccc(O)cc4n(C4OC(CO)C(O)C(O)C4O)c3c3[nH]c4cc(O)ccc4c23)C(=O)N1NC(CO)CO.O=C1c2c(c3c4ccc(OCc5ccccc5)cc4n(C4OC(COCc5ccccc5)C(OCc5ccccc5)C(OCc5ccccc5)C4OCc4ccccc4)c3c3[nH]c4cc(OCc5ccccc5)ccc4c23)C(=O)N1NC(CO)CO. The van der Waals surface area contributed by atoms with E-state index in [1.165, 1.54) is 34.9 Å². The number of aromatic nitrogens is 4. The molecule has 31 nitrogen and oxygen atoms in total. The van der Waals surface area contributed by atoms with Gasteiger partial charge in [-0.25, -0.2) is 26.1 Å². The number of nitrogens with one attached hydrogen (secondary N) is 4. The first-order valence-corrected chi connectivity index (χ1v) is 43.3. The molecule has 0 aliphatic carbocycles. The maximum Gasteiger partial charge on any atom is 0.276 e. The highest BCUT2D eigenvalue weighted by atomic mass is 35.5. The minimum Gasteiger partial charge on any atom is -0.508 e. The molecular weight excluding hydrogens is 1730 g/mol. The number of nitrogens with two attached hydrogens (primary N) is 1. The summed E-state index contributed by atoms with van der Waals surface area (Å²) in [6.45, 7) is -1.52. The Hall–Kier alpha value is -13.1. The molecule has 2 saturated heterocycles. The zero-order valence-electron chi connectivity index (χ0n) is 70.8.